The van der Waals surface area contributed by atoms with Gasteiger partial charge in [0.15, 0.2) is 17.3 Å². The van der Waals surface area contributed by atoms with Crippen molar-refractivity contribution in [3.05, 3.63) is 65.3 Å². The maximum absolute atomic E-state index is 12.5. The fourth-order valence-electron chi connectivity index (χ4n) is 3.29. The SMILES string of the molecule is CCc1ccccc1NC(=O)N(C)CCc1noc(C(=O)NCc2ccc3c(c2)OCO3)n1. The van der Waals surface area contributed by atoms with Crippen LogP contribution in [0.15, 0.2) is 47.0 Å². The lowest BCUT2D eigenvalue weighted by Crippen LogP contribution is -2.33. The molecule has 0 fully saturated rings. The maximum Gasteiger partial charge on any atom is 0.321 e. The summed E-state index contributed by atoms with van der Waals surface area (Å²) in [7, 11) is 1.68. The smallest absolute Gasteiger partial charge is 0.321 e. The quantitative estimate of drug-likeness (QED) is 0.540. The number of fused-ring (bicyclic) bond motifs is 1. The second-order valence-corrected chi connectivity index (χ2v) is 7.50. The van der Waals surface area contributed by atoms with E-state index in [2.05, 4.69) is 20.8 Å². The Balaban J connectivity index is 1.25. The number of hydrogen-bond donors (Lipinski definition) is 2. The number of ether oxygens (including phenoxy) is 2. The molecule has 3 aromatic rings. The van der Waals surface area contributed by atoms with Crippen LogP contribution in [0.3, 0.4) is 0 Å². The van der Waals surface area contributed by atoms with Gasteiger partial charge in [-0.2, -0.15) is 4.98 Å². The molecule has 0 saturated heterocycles. The van der Waals surface area contributed by atoms with Crippen LogP contribution in [0.5, 0.6) is 11.5 Å². The van der Waals surface area contributed by atoms with Gasteiger partial charge < -0.3 is 29.5 Å². The van der Waals surface area contributed by atoms with Crippen molar-refractivity contribution >= 4 is 17.6 Å². The van der Waals surface area contributed by atoms with Crippen LogP contribution < -0.4 is 20.1 Å². The van der Waals surface area contributed by atoms with E-state index in [0.29, 0.717) is 30.3 Å². The summed E-state index contributed by atoms with van der Waals surface area (Å²) in [6.07, 6.45) is 1.17. The van der Waals surface area contributed by atoms with Gasteiger partial charge in [-0.15, -0.1) is 0 Å². The number of carbonyl (C=O) groups excluding carboxylic acids is 2. The molecular formula is C23H25N5O5. The average Bonchev–Trinajstić information content (AvgIpc) is 3.50. The largest absolute Gasteiger partial charge is 0.454 e. The third kappa shape index (κ3) is 5.40. The van der Waals surface area contributed by atoms with E-state index >= 15 is 0 Å². The Morgan fingerprint density at radius 2 is 1.94 bits per heavy atom. The number of rotatable bonds is 8. The average molecular weight is 451 g/mol. The number of benzene rings is 2. The highest BCUT2D eigenvalue weighted by atomic mass is 16.7. The van der Waals surface area contributed by atoms with Crippen molar-refractivity contribution in [2.24, 2.45) is 0 Å². The third-order valence-electron chi connectivity index (χ3n) is 5.21. The van der Waals surface area contributed by atoms with Gasteiger partial charge in [-0.1, -0.05) is 36.3 Å². The number of urea groups is 1. The maximum atomic E-state index is 12.5. The van der Waals surface area contributed by atoms with E-state index in [-0.39, 0.29) is 25.3 Å². The Kier molecular flexibility index (Phi) is 6.72. The number of anilines is 1. The normalized spacial score (nSPS) is 11.8. The minimum Gasteiger partial charge on any atom is -0.454 e. The van der Waals surface area contributed by atoms with Gasteiger partial charge in [-0.3, -0.25) is 4.79 Å². The molecule has 10 nitrogen and oxygen atoms in total. The van der Waals surface area contributed by atoms with Crippen LogP contribution >= 0.6 is 0 Å². The number of para-hydroxylation sites is 1. The zero-order chi connectivity index (χ0) is 23.2. The summed E-state index contributed by atoms with van der Waals surface area (Å²) in [4.78, 5) is 30.5. The Morgan fingerprint density at radius 3 is 2.79 bits per heavy atom. The molecule has 2 N–H and O–H groups in total. The topological polar surface area (TPSA) is 119 Å². The molecule has 1 aliphatic rings. The van der Waals surface area contributed by atoms with Crippen LogP contribution in [0, 0.1) is 0 Å². The molecule has 0 spiro atoms. The van der Waals surface area contributed by atoms with Gasteiger partial charge >= 0.3 is 17.8 Å². The highest BCUT2D eigenvalue weighted by Gasteiger charge is 2.18. The van der Waals surface area contributed by atoms with Gasteiger partial charge in [0, 0.05) is 32.2 Å². The van der Waals surface area contributed by atoms with Gasteiger partial charge in [0.1, 0.15) is 0 Å². The fraction of sp³-hybridized carbons (Fsp3) is 0.304. The number of aromatic nitrogens is 2. The standard InChI is InChI=1S/C23H25N5O5/c1-3-16-6-4-5-7-17(16)25-23(30)28(2)11-10-20-26-22(33-27-20)21(29)24-13-15-8-9-18-19(12-15)32-14-31-18/h4-9,12H,3,10-11,13-14H2,1-2H3,(H,24,29)(H,25,30). The van der Waals surface area contributed by atoms with Crippen LogP contribution in [0.25, 0.3) is 0 Å². The lowest BCUT2D eigenvalue weighted by molar-refractivity contribution is 0.0907. The minimum atomic E-state index is -0.478. The summed E-state index contributed by atoms with van der Waals surface area (Å²) in [6.45, 7) is 2.86. The number of amides is 3. The minimum absolute atomic E-state index is 0.130. The molecule has 1 aliphatic heterocycles. The summed E-state index contributed by atoms with van der Waals surface area (Å²) in [6, 6.07) is 12.9. The lowest BCUT2D eigenvalue weighted by Gasteiger charge is -2.18. The summed E-state index contributed by atoms with van der Waals surface area (Å²) < 4.78 is 15.7. The molecule has 4 rings (SSSR count). The predicted molar refractivity (Wildman–Crippen MR) is 119 cm³/mol. The van der Waals surface area contributed by atoms with Crippen molar-refractivity contribution in [2.75, 3.05) is 25.7 Å². The Labute approximate surface area is 190 Å². The van der Waals surface area contributed by atoms with E-state index in [4.69, 9.17) is 14.0 Å². The van der Waals surface area contributed by atoms with Crippen molar-refractivity contribution in [3.63, 3.8) is 0 Å². The van der Waals surface area contributed by atoms with Gasteiger partial charge in [0.25, 0.3) is 0 Å². The predicted octanol–water partition coefficient (Wildman–Crippen LogP) is 3.00. The monoisotopic (exact) mass is 451 g/mol. The number of nitrogens with zero attached hydrogens (tertiary/aromatic N) is 3. The molecule has 3 amide bonds. The molecule has 2 aromatic carbocycles. The van der Waals surface area contributed by atoms with Crippen molar-refractivity contribution in [3.8, 4) is 11.5 Å². The summed E-state index contributed by atoms with van der Waals surface area (Å²) in [5, 5.41) is 9.49. The van der Waals surface area contributed by atoms with E-state index < -0.39 is 5.91 Å². The summed E-state index contributed by atoms with van der Waals surface area (Å²) in [5.41, 5.74) is 2.70. The molecule has 0 saturated carbocycles. The number of nitrogens with one attached hydrogen (secondary N) is 2. The number of aryl methyl sites for hydroxylation is 1. The molecule has 0 unspecified atom stereocenters. The molecule has 10 heteroatoms. The molecule has 1 aromatic heterocycles. The first-order valence-corrected chi connectivity index (χ1v) is 10.6. The molecule has 0 aliphatic carbocycles. The molecule has 0 bridgehead atoms. The first-order chi connectivity index (χ1) is 16.0. The van der Waals surface area contributed by atoms with Gasteiger partial charge in [0.2, 0.25) is 6.79 Å². The summed E-state index contributed by atoms with van der Waals surface area (Å²) >= 11 is 0. The zero-order valence-electron chi connectivity index (χ0n) is 18.5. The number of likely N-dealkylation sites (N-methyl/N-ethyl adjacent to an activating group) is 1. The third-order valence-corrected chi connectivity index (χ3v) is 5.21. The van der Waals surface area contributed by atoms with E-state index in [1.54, 1.807) is 13.1 Å². The van der Waals surface area contributed by atoms with Gasteiger partial charge in [-0.25, -0.2) is 4.79 Å². The first-order valence-electron chi connectivity index (χ1n) is 10.6. The van der Waals surface area contributed by atoms with E-state index in [1.165, 1.54) is 4.90 Å². The van der Waals surface area contributed by atoms with E-state index in [0.717, 1.165) is 23.2 Å². The fourth-order valence-corrected chi connectivity index (χ4v) is 3.29. The van der Waals surface area contributed by atoms with Gasteiger partial charge in [0.05, 0.1) is 0 Å². The first kappa shape index (κ1) is 22.1. The van der Waals surface area contributed by atoms with E-state index in [9.17, 15) is 9.59 Å². The van der Waals surface area contributed by atoms with Crippen LogP contribution in [0.4, 0.5) is 10.5 Å². The van der Waals surface area contributed by atoms with Crippen molar-refractivity contribution < 1.29 is 23.6 Å². The van der Waals surface area contributed by atoms with Crippen LogP contribution in [0.1, 0.15) is 34.6 Å². The van der Waals surface area contributed by atoms with Crippen LogP contribution in [-0.2, 0) is 19.4 Å². The molecular weight excluding hydrogens is 426 g/mol. The molecule has 172 valence electrons. The van der Waals surface area contributed by atoms with Crippen molar-refractivity contribution in [1.29, 1.82) is 0 Å². The lowest BCUT2D eigenvalue weighted by atomic mass is 10.1. The number of hydrogen-bond acceptors (Lipinski definition) is 7. The van der Waals surface area contributed by atoms with Crippen molar-refractivity contribution in [1.82, 2.24) is 20.4 Å². The Hall–Kier alpha value is -4.08. The van der Waals surface area contributed by atoms with Crippen molar-refractivity contribution in [2.45, 2.75) is 26.3 Å². The van der Waals surface area contributed by atoms with Gasteiger partial charge in [-0.05, 0) is 35.7 Å². The number of carbonyl (C=O) groups is 2. The second kappa shape index (κ2) is 10.0. The van der Waals surface area contributed by atoms with E-state index in [1.807, 2.05) is 43.3 Å². The molecule has 33 heavy (non-hydrogen) atoms. The zero-order valence-corrected chi connectivity index (χ0v) is 18.5. The highest BCUT2D eigenvalue weighted by molar-refractivity contribution is 5.90. The molecule has 0 radical (unpaired) electrons. The highest BCUT2D eigenvalue weighted by Crippen LogP contribution is 2.32. The molecule has 2 heterocycles. The molecule has 0 atom stereocenters. The van der Waals surface area contributed by atoms with Crippen LogP contribution in [0.2, 0.25) is 0 Å². The van der Waals surface area contributed by atoms with Crippen LogP contribution in [-0.4, -0.2) is 47.4 Å². The second-order valence-electron chi connectivity index (χ2n) is 7.50. The summed E-state index contributed by atoms with van der Waals surface area (Å²) in [5.74, 6) is 1.06. The Morgan fingerprint density at radius 1 is 1.12 bits per heavy atom. The Bertz CT molecular complexity index is 1150.